The highest BCUT2D eigenvalue weighted by Gasteiger charge is 2.22. The number of hydrogen-bond acceptors (Lipinski definition) is 3. The molecule has 100 valence electrons. The average Bonchev–Trinajstić information content (AvgIpc) is 2.61. The molecule has 0 unspecified atom stereocenters. The number of nitrogens with one attached hydrogen (secondary N) is 2. The Morgan fingerprint density at radius 1 is 1.26 bits per heavy atom. The third kappa shape index (κ3) is 3.35. The average molecular weight is 325 g/mol. The molecule has 1 aliphatic heterocycles. The van der Waals surface area contributed by atoms with Crippen molar-refractivity contribution in [3.8, 4) is 5.75 Å². The predicted octanol–water partition coefficient (Wildman–Crippen LogP) is 2.42. The SMILES string of the molecule is CC(C)Oc1ccc(/C=C2/NC(=O)NC2=O)cc1Br. The molecule has 2 N–H and O–H groups in total. The summed E-state index contributed by atoms with van der Waals surface area (Å²) in [7, 11) is 0. The van der Waals surface area contributed by atoms with Gasteiger partial charge in [0.1, 0.15) is 11.4 Å². The summed E-state index contributed by atoms with van der Waals surface area (Å²) < 4.78 is 6.38. The van der Waals surface area contributed by atoms with Crippen LogP contribution in [0.2, 0.25) is 0 Å². The van der Waals surface area contributed by atoms with Gasteiger partial charge in [-0.2, -0.15) is 0 Å². The molecule has 1 fully saturated rings. The third-order valence-electron chi connectivity index (χ3n) is 2.35. The van der Waals surface area contributed by atoms with Crippen molar-refractivity contribution in [3.63, 3.8) is 0 Å². The van der Waals surface area contributed by atoms with Gasteiger partial charge in [-0.1, -0.05) is 6.07 Å². The van der Waals surface area contributed by atoms with Crippen molar-refractivity contribution in [2.75, 3.05) is 0 Å². The van der Waals surface area contributed by atoms with Crippen LogP contribution >= 0.6 is 15.9 Å². The van der Waals surface area contributed by atoms with E-state index in [0.29, 0.717) is 0 Å². The van der Waals surface area contributed by atoms with Crippen LogP contribution < -0.4 is 15.4 Å². The Bertz CT molecular complexity index is 567. The molecule has 1 aliphatic rings. The fraction of sp³-hybridized carbons (Fsp3) is 0.231. The van der Waals surface area contributed by atoms with E-state index in [1.165, 1.54) is 0 Å². The van der Waals surface area contributed by atoms with Gasteiger partial charge in [-0.05, 0) is 53.5 Å². The van der Waals surface area contributed by atoms with E-state index in [2.05, 4.69) is 26.6 Å². The molecule has 0 aliphatic carbocycles. The van der Waals surface area contributed by atoms with E-state index in [-0.39, 0.29) is 11.8 Å². The maximum Gasteiger partial charge on any atom is 0.326 e. The van der Waals surface area contributed by atoms with Crippen LogP contribution in [0.25, 0.3) is 6.08 Å². The van der Waals surface area contributed by atoms with E-state index in [0.717, 1.165) is 15.8 Å². The number of urea groups is 1. The summed E-state index contributed by atoms with van der Waals surface area (Å²) >= 11 is 3.41. The van der Waals surface area contributed by atoms with Crippen LogP contribution in [-0.4, -0.2) is 18.0 Å². The number of benzene rings is 1. The lowest BCUT2D eigenvalue weighted by atomic mass is 10.2. The zero-order chi connectivity index (χ0) is 14.0. The highest BCUT2D eigenvalue weighted by molar-refractivity contribution is 9.10. The van der Waals surface area contributed by atoms with Crippen LogP contribution in [0.1, 0.15) is 19.4 Å². The summed E-state index contributed by atoms with van der Waals surface area (Å²) in [5.41, 5.74) is 1.02. The third-order valence-corrected chi connectivity index (χ3v) is 2.97. The molecule has 0 bridgehead atoms. The molecule has 1 aromatic rings. The van der Waals surface area contributed by atoms with Gasteiger partial charge >= 0.3 is 6.03 Å². The standard InChI is InChI=1S/C13H13BrN2O3/c1-7(2)19-11-4-3-8(5-9(11)14)6-10-12(17)16-13(18)15-10/h3-7H,1-2H3,(H2,15,16,17,18)/b10-6+. The first-order valence-electron chi connectivity index (χ1n) is 5.76. The number of carbonyl (C=O) groups is 2. The highest BCUT2D eigenvalue weighted by Crippen LogP contribution is 2.27. The van der Waals surface area contributed by atoms with Gasteiger partial charge in [-0.3, -0.25) is 10.1 Å². The molecule has 6 heteroatoms. The van der Waals surface area contributed by atoms with E-state index in [1.807, 2.05) is 32.0 Å². The molecule has 5 nitrogen and oxygen atoms in total. The fourth-order valence-electron chi connectivity index (χ4n) is 1.61. The van der Waals surface area contributed by atoms with E-state index < -0.39 is 11.9 Å². The van der Waals surface area contributed by atoms with Gasteiger partial charge in [0.05, 0.1) is 10.6 Å². The van der Waals surface area contributed by atoms with Crippen LogP contribution in [0.4, 0.5) is 4.79 Å². The second-order valence-electron chi connectivity index (χ2n) is 4.32. The monoisotopic (exact) mass is 324 g/mol. The van der Waals surface area contributed by atoms with Crippen molar-refractivity contribution < 1.29 is 14.3 Å². The lowest BCUT2D eigenvalue weighted by molar-refractivity contribution is -0.115. The number of carbonyl (C=O) groups excluding carboxylic acids is 2. The van der Waals surface area contributed by atoms with E-state index in [4.69, 9.17) is 4.74 Å². The van der Waals surface area contributed by atoms with Crippen molar-refractivity contribution in [2.24, 2.45) is 0 Å². The Kier molecular flexibility index (Phi) is 3.90. The van der Waals surface area contributed by atoms with Gasteiger partial charge < -0.3 is 10.1 Å². The van der Waals surface area contributed by atoms with Gasteiger partial charge in [-0.25, -0.2) is 4.79 Å². The van der Waals surface area contributed by atoms with Crippen LogP contribution in [0.3, 0.4) is 0 Å². The van der Waals surface area contributed by atoms with Crippen molar-refractivity contribution in [1.82, 2.24) is 10.6 Å². The summed E-state index contributed by atoms with van der Waals surface area (Å²) in [4.78, 5) is 22.4. The van der Waals surface area contributed by atoms with E-state index in [1.54, 1.807) is 6.08 Å². The Balaban J connectivity index is 2.23. The van der Waals surface area contributed by atoms with Crippen LogP contribution in [0.5, 0.6) is 5.75 Å². The van der Waals surface area contributed by atoms with Crippen LogP contribution in [0, 0.1) is 0 Å². The lowest BCUT2D eigenvalue weighted by Gasteiger charge is -2.11. The minimum absolute atomic E-state index is 0.0837. The largest absolute Gasteiger partial charge is 0.490 e. The Morgan fingerprint density at radius 3 is 2.53 bits per heavy atom. The molecule has 0 spiro atoms. The van der Waals surface area contributed by atoms with Crippen molar-refractivity contribution >= 4 is 33.9 Å². The number of amides is 3. The molecular weight excluding hydrogens is 312 g/mol. The maximum atomic E-state index is 11.4. The van der Waals surface area contributed by atoms with E-state index >= 15 is 0 Å². The molecular formula is C13H13BrN2O3. The molecule has 0 radical (unpaired) electrons. The lowest BCUT2D eigenvalue weighted by Crippen LogP contribution is -2.22. The quantitative estimate of drug-likeness (QED) is 0.662. The Labute approximate surface area is 119 Å². The van der Waals surface area contributed by atoms with Gasteiger partial charge in [0.25, 0.3) is 5.91 Å². The van der Waals surface area contributed by atoms with Crippen LogP contribution in [-0.2, 0) is 4.79 Å². The van der Waals surface area contributed by atoms with Gasteiger partial charge in [-0.15, -0.1) is 0 Å². The van der Waals surface area contributed by atoms with Gasteiger partial charge in [0, 0.05) is 0 Å². The molecule has 1 aromatic carbocycles. The highest BCUT2D eigenvalue weighted by atomic mass is 79.9. The summed E-state index contributed by atoms with van der Waals surface area (Å²) in [6.45, 7) is 3.89. The molecule has 0 aromatic heterocycles. The fourth-order valence-corrected chi connectivity index (χ4v) is 2.10. The predicted molar refractivity (Wildman–Crippen MR) is 74.6 cm³/mol. The summed E-state index contributed by atoms with van der Waals surface area (Å²) in [6.07, 6.45) is 1.69. The Morgan fingerprint density at radius 2 is 2.00 bits per heavy atom. The molecule has 1 heterocycles. The van der Waals surface area contributed by atoms with Crippen molar-refractivity contribution in [1.29, 1.82) is 0 Å². The normalized spacial score (nSPS) is 16.7. The van der Waals surface area contributed by atoms with E-state index in [9.17, 15) is 9.59 Å². The Hall–Kier alpha value is -1.82. The summed E-state index contributed by atoms with van der Waals surface area (Å²) in [5.74, 6) is 0.306. The summed E-state index contributed by atoms with van der Waals surface area (Å²) in [6, 6.07) is 4.94. The minimum atomic E-state index is -0.505. The molecule has 1 saturated heterocycles. The number of halogens is 1. The zero-order valence-electron chi connectivity index (χ0n) is 10.5. The van der Waals surface area contributed by atoms with Gasteiger partial charge in [0.2, 0.25) is 0 Å². The first-order valence-corrected chi connectivity index (χ1v) is 6.55. The van der Waals surface area contributed by atoms with Crippen molar-refractivity contribution in [2.45, 2.75) is 20.0 Å². The minimum Gasteiger partial charge on any atom is -0.490 e. The van der Waals surface area contributed by atoms with Gasteiger partial charge in [0.15, 0.2) is 0 Å². The number of rotatable bonds is 3. The first kappa shape index (κ1) is 13.6. The molecule has 0 saturated carbocycles. The van der Waals surface area contributed by atoms with Crippen LogP contribution in [0.15, 0.2) is 28.4 Å². The topological polar surface area (TPSA) is 67.4 Å². The molecule has 0 atom stereocenters. The molecule has 19 heavy (non-hydrogen) atoms. The molecule has 2 rings (SSSR count). The maximum absolute atomic E-state index is 11.4. The first-order chi connectivity index (χ1) is 8.95. The van der Waals surface area contributed by atoms with Crippen molar-refractivity contribution in [3.05, 3.63) is 33.9 Å². The smallest absolute Gasteiger partial charge is 0.326 e. The number of hydrogen-bond donors (Lipinski definition) is 2. The number of imide groups is 1. The second-order valence-corrected chi connectivity index (χ2v) is 5.18. The zero-order valence-corrected chi connectivity index (χ0v) is 12.1. The summed E-state index contributed by atoms with van der Waals surface area (Å²) in [5, 5.41) is 4.58. The second kappa shape index (κ2) is 5.44. The molecule has 3 amide bonds. The number of ether oxygens (including phenoxy) is 1.